The second kappa shape index (κ2) is 9.90. The maximum absolute atomic E-state index is 13.6. The van der Waals surface area contributed by atoms with Crippen LogP contribution >= 0.6 is 0 Å². The third-order valence-corrected chi connectivity index (χ3v) is 6.54. The van der Waals surface area contributed by atoms with E-state index in [-0.39, 0.29) is 23.2 Å². The molecule has 8 nitrogen and oxygen atoms in total. The molecule has 0 saturated carbocycles. The van der Waals surface area contributed by atoms with E-state index in [0.717, 1.165) is 24.0 Å². The van der Waals surface area contributed by atoms with Crippen LogP contribution in [-0.4, -0.2) is 30.7 Å². The van der Waals surface area contributed by atoms with Gasteiger partial charge in [0.25, 0.3) is 11.5 Å². The summed E-state index contributed by atoms with van der Waals surface area (Å²) in [6.07, 6.45) is 1.57. The largest absolute Gasteiger partial charge is 0.352 e. The Morgan fingerprint density at radius 3 is 2.51 bits per heavy atom. The van der Waals surface area contributed by atoms with E-state index in [4.69, 9.17) is 0 Å². The van der Waals surface area contributed by atoms with Crippen molar-refractivity contribution in [1.82, 2.24) is 24.1 Å². The summed E-state index contributed by atoms with van der Waals surface area (Å²) in [6.45, 7) is 10.9. The Labute approximate surface area is 204 Å². The first-order valence-electron chi connectivity index (χ1n) is 12.2. The number of fused-ring (bicyclic) bond motifs is 3. The van der Waals surface area contributed by atoms with Crippen molar-refractivity contribution in [1.29, 1.82) is 0 Å². The number of rotatable bonds is 8. The lowest BCUT2D eigenvalue weighted by atomic mass is 10.1. The number of aryl methyl sites for hydroxylation is 2. The molecule has 184 valence electrons. The summed E-state index contributed by atoms with van der Waals surface area (Å²) in [5.74, 6) is 0.435. The van der Waals surface area contributed by atoms with Crippen LogP contribution in [0.3, 0.4) is 0 Å². The number of hydrogen-bond donors (Lipinski definition) is 1. The first-order valence-corrected chi connectivity index (χ1v) is 12.2. The second-order valence-electron chi connectivity index (χ2n) is 9.66. The summed E-state index contributed by atoms with van der Waals surface area (Å²) in [5, 5.41) is 7.94. The lowest BCUT2D eigenvalue weighted by Crippen LogP contribution is -2.32. The molecule has 0 fully saturated rings. The zero-order valence-electron chi connectivity index (χ0n) is 21.0. The van der Waals surface area contributed by atoms with Gasteiger partial charge in [0.1, 0.15) is 0 Å². The van der Waals surface area contributed by atoms with Crippen molar-refractivity contribution in [3.8, 4) is 0 Å². The number of carbonyl (C=O) groups excluding carboxylic acids is 1. The van der Waals surface area contributed by atoms with Crippen molar-refractivity contribution in [2.24, 2.45) is 5.92 Å². The van der Waals surface area contributed by atoms with Gasteiger partial charge in [0.15, 0.2) is 0 Å². The number of nitrogens with one attached hydrogen (secondary N) is 1. The molecule has 8 heteroatoms. The van der Waals surface area contributed by atoms with Crippen LogP contribution in [0.4, 0.5) is 0 Å². The van der Waals surface area contributed by atoms with Crippen LogP contribution in [0.5, 0.6) is 0 Å². The summed E-state index contributed by atoms with van der Waals surface area (Å²) in [5.41, 5.74) is 2.27. The molecule has 0 aliphatic carbocycles. The average Bonchev–Trinajstić information content (AvgIpc) is 3.15. The molecule has 0 aliphatic rings. The highest BCUT2D eigenvalue weighted by Gasteiger charge is 2.20. The van der Waals surface area contributed by atoms with Gasteiger partial charge in [-0.1, -0.05) is 45.0 Å². The van der Waals surface area contributed by atoms with Crippen molar-refractivity contribution in [2.75, 3.05) is 0 Å². The van der Waals surface area contributed by atoms with Gasteiger partial charge in [0.2, 0.25) is 5.78 Å². The summed E-state index contributed by atoms with van der Waals surface area (Å²) >= 11 is 0. The fourth-order valence-electron chi connectivity index (χ4n) is 4.11. The van der Waals surface area contributed by atoms with Crippen LogP contribution in [0.15, 0.2) is 52.1 Å². The lowest BCUT2D eigenvalue weighted by Gasteiger charge is -2.13. The predicted octanol–water partition coefficient (Wildman–Crippen LogP) is 3.74. The highest BCUT2D eigenvalue weighted by Crippen LogP contribution is 2.16. The van der Waals surface area contributed by atoms with Crippen molar-refractivity contribution >= 4 is 22.6 Å². The van der Waals surface area contributed by atoms with Crippen molar-refractivity contribution in [3.05, 3.63) is 80.0 Å². The molecule has 2 heterocycles. The molecule has 0 radical (unpaired) electrons. The average molecular weight is 476 g/mol. The van der Waals surface area contributed by atoms with Gasteiger partial charge in [0, 0.05) is 18.2 Å². The van der Waals surface area contributed by atoms with E-state index in [0.29, 0.717) is 41.3 Å². The highest BCUT2D eigenvalue weighted by atomic mass is 16.2. The Morgan fingerprint density at radius 1 is 1.09 bits per heavy atom. The fraction of sp³-hybridized carbons (Fsp3) is 0.407. The van der Waals surface area contributed by atoms with Gasteiger partial charge in [-0.2, -0.15) is 0 Å². The zero-order valence-corrected chi connectivity index (χ0v) is 21.0. The van der Waals surface area contributed by atoms with Crippen LogP contribution in [0.25, 0.3) is 16.7 Å². The molecule has 0 bridgehead atoms. The third kappa shape index (κ3) is 4.78. The lowest BCUT2D eigenvalue weighted by molar-refractivity contribution is 0.0939. The Morgan fingerprint density at radius 2 is 1.83 bits per heavy atom. The van der Waals surface area contributed by atoms with Crippen molar-refractivity contribution in [3.63, 3.8) is 0 Å². The Hall–Kier alpha value is -3.68. The van der Waals surface area contributed by atoms with Crippen LogP contribution in [0.2, 0.25) is 0 Å². The second-order valence-corrected chi connectivity index (χ2v) is 9.66. The van der Waals surface area contributed by atoms with Crippen molar-refractivity contribution in [2.45, 2.75) is 66.6 Å². The van der Waals surface area contributed by atoms with Crippen LogP contribution in [0.1, 0.15) is 62.0 Å². The number of carbonyl (C=O) groups is 1. The van der Waals surface area contributed by atoms with Crippen molar-refractivity contribution < 1.29 is 4.79 Å². The van der Waals surface area contributed by atoms with Gasteiger partial charge in [-0.3, -0.25) is 14.2 Å². The molecule has 4 aromatic rings. The normalized spacial score (nSPS) is 12.5. The number of hydrogen-bond acceptors (Lipinski definition) is 4. The minimum atomic E-state index is -0.342. The molecule has 1 N–H and O–H groups in total. The molecular formula is C27H33N5O3. The van der Waals surface area contributed by atoms with Gasteiger partial charge in [-0.05, 0) is 61.9 Å². The van der Waals surface area contributed by atoms with E-state index in [1.807, 2.05) is 45.0 Å². The number of amides is 1. The molecule has 1 unspecified atom stereocenters. The Kier molecular flexibility index (Phi) is 6.91. The molecule has 0 spiro atoms. The third-order valence-electron chi connectivity index (χ3n) is 6.54. The minimum absolute atomic E-state index is 0.0156. The van der Waals surface area contributed by atoms with Gasteiger partial charge >= 0.3 is 5.69 Å². The summed E-state index contributed by atoms with van der Waals surface area (Å²) in [4.78, 5) is 39.9. The highest BCUT2D eigenvalue weighted by molar-refractivity contribution is 5.98. The van der Waals surface area contributed by atoms with Crippen LogP contribution < -0.4 is 16.6 Å². The molecule has 1 atom stereocenters. The summed E-state index contributed by atoms with van der Waals surface area (Å²) in [6, 6.07) is 12.8. The summed E-state index contributed by atoms with van der Waals surface area (Å²) < 4.78 is 4.45. The quantitative estimate of drug-likeness (QED) is 0.420. The topological polar surface area (TPSA) is 90.4 Å². The van der Waals surface area contributed by atoms with E-state index in [9.17, 15) is 14.4 Å². The first-order chi connectivity index (χ1) is 16.7. The van der Waals surface area contributed by atoms with Gasteiger partial charge in [-0.15, -0.1) is 5.10 Å². The van der Waals surface area contributed by atoms with Gasteiger partial charge < -0.3 is 5.32 Å². The maximum Gasteiger partial charge on any atom is 0.352 e. The monoisotopic (exact) mass is 475 g/mol. The van der Waals surface area contributed by atoms with E-state index in [1.54, 1.807) is 22.8 Å². The Balaban J connectivity index is 1.95. The standard InChI is InChI=1S/C27H33N5O3/c1-6-19(5)28-24(33)20-11-12-22-23(15-20)32-26(30(25(22)34)14-13-17(2)3)29-31(27(32)35)16-21-10-8-7-9-18(21)4/h7-12,15,17,19H,6,13-14,16H2,1-5H3,(H,28,33). The molecule has 35 heavy (non-hydrogen) atoms. The fourth-order valence-corrected chi connectivity index (χ4v) is 4.11. The van der Waals surface area contributed by atoms with Crippen LogP contribution in [0, 0.1) is 12.8 Å². The number of nitrogens with zero attached hydrogens (tertiary/aromatic N) is 4. The first kappa shape index (κ1) is 24.4. The molecule has 0 aliphatic heterocycles. The van der Waals surface area contributed by atoms with Crippen LogP contribution in [-0.2, 0) is 13.1 Å². The molecule has 2 aromatic heterocycles. The number of benzene rings is 2. The predicted molar refractivity (Wildman–Crippen MR) is 138 cm³/mol. The Bertz CT molecular complexity index is 1510. The van der Waals surface area contributed by atoms with Gasteiger partial charge in [-0.25, -0.2) is 13.9 Å². The molecule has 4 rings (SSSR count). The SMILES string of the molecule is CCC(C)NC(=O)c1ccc2c(=O)n(CCC(C)C)c3nn(Cc4ccccc4C)c(=O)n3c2c1. The van der Waals surface area contributed by atoms with E-state index >= 15 is 0 Å². The van der Waals surface area contributed by atoms with E-state index < -0.39 is 0 Å². The minimum Gasteiger partial charge on any atom is -0.350 e. The van der Waals surface area contributed by atoms with E-state index in [1.165, 1.54) is 9.08 Å². The molecule has 2 aromatic carbocycles. The maximum atomic E-state index is 13.6. The molecule has 1 amide bonds. The van der Waals surface area contributed by atoms with E-state index in [2.05, 4.69) is 24.3 Å². The smallest absolute Gasteiger partial charge is 0.350 e. The van der Waals surface area contributed by atoms with Gasteiger partial charge in [0.05, 0.1) is 17.4 Å². The number of aromatic nitrogens is 4. The molecular weight excluding hydrogens is 442 g/mol. The summed E-state index contributed by atoms with van der Waals surface area (Å²) in [7, 11) is 0. The molecule has 0 saturated heterocycles. The zero-order chi connectivity index (χ0) is 25.3.